The summed E-state index contributed by atoms with van der Waals surface area (Å²) in [5.74, 6) is 0.00980. The lowest BCUT2D eigenvalue weighted by molar-refractivity contribution is 0.0724. The molecule has 3 rings (SSSR count). The number of carbonyl (C=O) groups is 1. The fraction of sp³-hybridized carbons (Fsp3) is 0.435. The van der Waals surface area contributed by atoms with Crippen LogP contribution in [0.3, 0.4) is 0 Å². The molecule has 0 atom stereocenters. The summed E-state index contributed by atoms with van der Waals surface area (Å²) in [6.07, 6.45) is 3.25. The Bertz CT molecular complexity index is 1010. The number of anilines is 1. The van der Waals surface area contributed by atoms with E-state index in [4.69, 9.17) is 0 Å². The maximum Gasteiger partial charge on any atom is 0.262 e. The van der Waals surface area contributed by atoms with Crippen molar-refractivity contribution in [2.45, 2.75) is 58.8 Å². The fourth-order valence-corrected chi connectivity index (χ4v) is 5.70. The van der Waals surface area contributed by atoms with E-state index in [0.717, 1.165) is 53.7 Å². The van der Waals surface area contributed by atoms with Gasteiger partial charge in [0, 0.05) is 24.3 Å². The Morgan fingerprint density at radius 3 is 1.79 bits per heavy atom. The van der Waals surface area contributed by atoms with Gasteiger partial charge in [0.1, 0.15) is 0 Å². The summed E-state index contributed by atoms with van der Waals surface area (Å²) in [6, 6.07) is 6.71. The lowest BCUT2D eigenvalue weighted by Crippen LogP contribution is -2.35. The third-order valence-electron chi connectivity index (χ3n) is 6.23. The number of sulfonamides is 1. The SMILES string of the molecule is Cc1c(C)c(C)c(S(=O)(=O)Nc2ccc(C(=O)N3CCCCC3)cc2)c(C)c1C. The molecule has 0 spiro atoms. The van der Waals surface area contributed by atoms with Crippen molar-refractivity contribution in [3.8, 4) is 0 Å². The minimum Gasteiger partial charge on any atom is -0.339 e. The summed E-state index contributed by atoms with van der Waals surface area (Å²) < 4.78 is 29.0. The van der Waals surface area contributed by atoms with Gasteiger partial charge in [0.25, 0.3) is 15.9 Å². The summed E-state index contributed by atoms with van der Waals surface area (Å²) >= 11 is 0. The van der Waals surface area contributed by atoms with E-state index in [9.17, 15) is 13.2 Å². The molecule has 1 amide bonds. The molecule has 1 heterocycles. The van der Waals surface area contributed by atoms with Crippen LogP contribution in [0.1, 0.15) is 57.4 Å². The van der Waals surface area contributed by atoms with Crippen LogP contribution in [0, 0.1) is 34.6 Å². The van der Waals surface area contributed by atoms with Crippen molar-refractivity contribution < 1.29 is 13.2 Å². The second-order valence-electron chi connectivity index (χ2n) is 7.99. The molecular weight excluding hydrogens is 384 g/mol. The standard InChI is InChI=1S/C23H30N2O3S/c1-15-16(2)18(4)22(19(5)17(15)3)29(27,28)24-21-11-9-20(10-12-21)23(26)25-13-7-6-8-14-25/h9-12,24H,6-8,13-14H2,1-5H3. The molecule has 0 radical (unpaired) electrons. The lowest BCUT2D eigenvalue weighted by Gasteiger charge is -2.26. The molecule has 0 aliphatic carbocycles. The molecule has 2 aromatic carbocycles. The molecule has 1 saturated heterocycles. The summed E-state index contributed by atoms with van der Waals surface area (Å²) in [6.45, 7) is 11.2. The number of benzene rings is 2. The van der Waals surface area contributed by atoms with E-state index < -0.39 is 10.0 Å². The number of amides is 1. The smallest absolute Gasteiger partial charge is 0.262 e. The van der Waals surface area contributed by atoms with Gasteiger partial charge >= 0.3 is 0 Å². The van der Waals surface area contributed by atoms with Crippen molar-refractivity contribution in [2.75, 3.05) is 17.8 Å². The quantitative estimate of drug-likeness (QED) is 0.791. The van der Waals surface area contributed by atoms with E-state index >= 15 is 0 Å². The van der Waals surface area contributed by atoms with Crippen molar-refractivity contribution in [1.29, 1.82) is 0 Å². The molecule has 156 valence electrons. The lowest BCUT2D eigenvalue weighted by atomic mass is 9.95. The molecule has 1 fully saturated rings. The summed E-state index contributed by atoms with van der Waals surface area (Å²) in [7, 11) is -3.74. The van der Waals surface area contributed by atoms with Gasteiger partial charge in [-0.05, 0) is 106 Å². The van der Waals surface area contributed by atoms with Gasteiger partial charge in [-0.3, -0.25) is 9.52 Å². The molecule has 2 aromatic rings. The highest BCUT2D eigenvalue weighted by Crippen LogP contribution is 2.30. The maximum atomic E-state index is 13.1. The van der Waals surface area contributed by atoms with Crippen LogP contribution < -0.4 is 4.72 Å². The molecule has 6 heteroatoms. The number of hydrogen-bond donors (Lipinski definition) is 1. The average molecular weight is 415 g/mol. The van der Waals surface area contributed by atoms with Gasteiger partial charge in [0.15, 0.2) is 0 Å². The van der Waals surface area contributed by atoms with Gasteiger partial charge in [0.2, 0.25) is 0 Å². The Morgan fingerprint density at radius 2 is 1.28 bits per heavy atom. The molecule has 1 N–H and O–H groups in total. The Morgan fingerprint density at radius 1 is 0.793 bits per heavy atom. The van der Waals surface area contributed by atoms with Gasteiger partial charge in [0.05, 0.1) is 4.90 Å². The zero-order chi connectivity index (χ0) is 21.3. The second kappa shape index (κ2) is 8.19. The van der Waals surface area contributed by atoms with Crippen LogP contribution in [0.5, 0.6) is 0 Å². The minimum absolute atomic E-state index is 0.00980. The zero-order valence-corrected chi connectivity index (χ0v) is 18.7. The third kappa shape index (κ3) is 4.17. The van der Waals surface area contributed by atoms with Crippen molar-refractivity contribution in [2.24, 2.45) is 0 Å². The van der Waals surface area contributed by atoms with E-state index in [1.165, 1.54) is 6.42 Å². The van der Waals surface area contributed by atoms with Gasteiger partial charge in [-0.15, -0.1) is 0 Å². The molecular formula is C23H30N2O3S. The first kappa shape index (κ1) is 21.4. The molecule has 29 heavy (non-hydrogen) atoms. The van der Waals surface area contributed by atoms with Gasteiger partial charge in [-0.25, -0.2) is 8.42 Å². The van der Waals surface area contributed by atoms with Crippen LogP contribution in [0.25, 0.3) is 0 Å². The second-order valence-corrected chi connectivity index (χ2v) is 9.61. The molecule has 1 aliphatic rings. The highest BCUT2D eigenvalue weighted by molar-refractivity contribution is 7.92. The largest absolute Gasteiger partial charge is 0.339 e. The summed E-state index contributed by atoms with van der Waals surface area (Å²) in [5, 5.41) is 0. The zero-order valence-electron chi connectivity index (χ0n) is 17.9. The number of hydrogen-bond acceptors (Lipinski definition) is 3. The summed E-state index contributed by atoms with van der Waals surface area (Å²) in [4.78, 5) is 14.8. The van der Waals surface area contributed by atoms with Crippen molar-refractivity contribution in [3.05, 3.63) is 57.6 Å². The first-order chi connectivity index (χ1) is 13.6. The van der Waals surface area contributed by atoms with E-state index in [1.807, 2.05) is 39.5 Å². The Kier molecular flexibility index (Phi) is 6.03. The van der Waals surface area contributed by atoms with E-state index in [0.29, 0.717) is 16.1 Å². The number of piperidine rings is 1. The Balaban J connectivity index is 1.86. The Hall–Kier alpha value is -2.34. The van der Waals surface area contributed by atoms with Crippen molar-refractivity contribution in [3.63, 3.8) is 0 Å². The van der Waals surface area contributed by atoms with Crippen LogP contribution in [-0.4, -0.2) is 32.3 Å². The monoisotopic (exact) mass is 414 g/mol. The van der Waals surface area contributed by atoms with Crippen LogP contribution in [0.2, 0.25) is 0 Å². The first-order valence-corrected chi connectivity index (χ1v) is 11.6. The fourth-order valence-electron chi connectivity index (χ4n) is 4.04. The topological polar surface area (TPSA) is 66.5 Å². The number of rotatable bonds is 4. The number of carbonyl (C=O) groups excluding carboxylic acids is 1. The van der Waals surface area contributed by atoms with E-state index in [-0.39, 0.29) is 5.91 Å². The summed E-state index contributed by atoms with van der Waals surface area (Å²) in [5.41, 5.74) is 5.70. The number of likely N-dealkylation sites (tertiary alicyclic amines) is 1. The van der Waals surface area contributed by atoms with Crippen LogP contribution in [0.4, 0.5) is 5.69 Å². The van der Waals surface area contributed by atoms with Gasteiger partial charge < -0.3 is 4.90 Å². The predicted octanol–water partition coefficient (Wildman–Crippen LogP) is 4.66. The number of nitrogens with zero attached hydrogens (tertiary/aromatic N) is 1. The first-order valence-electron chi connectivity index (χ1n) is 10.1. The Labute approximate surface area is 174 Å². The van der Waals surface area contributed by atoms with Crippen LogP contribution in [-0.2, 0) is 10.0 Å². The highest BCUT2D eigenvalue weighted by Gasteiger charge is 2.24. The van der Waals surface area contributed by atoms with Gasteiger partial charge in [-0.1, -0.05) is 0 Å². The average Bonchev–Trinajstić information content (AvgIpc) is 2.71. The molecule has 1 aliphatic heterocycles. The van der Waals surface area contributed by atoms with E-state index in [1.54, 1.807) is 24.3 Å². The van der Waals surface area contributed by atoms with Crippen molar-refractivity contribution in [1.82, 2.24) is 4.90 Å². The molecule has 0 aromatic heterocycles. The molecule has 0 saturated carbocycles. The molecule has 5 nitrogen and oxygen atoms in total. The normalized spacial score (nSPS) is 14.7. The van der Waals surface area contributed by atoms with Gasteiger partial charge in [-0.2, -0.15) is 0 Å². The third-order valence-corrected chi connectivity index (χ3v) is 7.88. The molecule has 0 unspecified atom stereocenters. The minimum atomic E-state index is -3.74. The van der Waals surface area contributed by atoms with Crippen LogP contribution in [0.15, 0.2) is 29.2 Å². The van der Waals surface area contributed by atoms with Crippen molar-refractivity contribution >= 4 is 21.6 Å². The maximum absolute atomic E-state index is 13.1. The van der Waals surface area contributed by atoms with Crippen LogP contribution >= 0.6 is 0 Å². The number of nitrogens with one attached hydrogen (secondary N) is 1. The van der Waals surface area contributed by atoms with E-state index in [2.05, 4.69) is 4.72 Å². The highest BCUT2D eigenvalue weighted by atomic mass is 32.2. The molecule has 0 bridgehead atoms. The predicted molar refractivity (Wildman–Crippen MR) is 117 cm³/mol.